The van der Waals surface area contributed by atoms with Crippen LogP contribution < -0.4 is 5.32 Å². The minimum atomic E-state index is -0.482. The van der Waals surface area contributed by atoms with Gasteiger partial charge in [0.1, 0.15) is 0 Å². The molecule has 0 aliphatic rings. The number of nitrogens with zero attached hydrogens (tertiary/aromatic N) is 2. The van der Waals surface area contributed by atoms with E-state index < -0.39 is 6.10 Å². The van der Waals surface area contributed by atoms with Crippen LogP contribution in [0.1, 0.15) is 12.6 Å². The van der Waals surface area contributed by atoms with Crippen LogP contribution in [0.2, 0.25) is 0 Å². The molecule has 0 amide bonds. The SMILES string of the molecule is CCOCC(O)CNc1cn(C)nc1C. The molecule has 0 fully saturated rings. The minimum Gasteiger partial charge on any atom is -0.389 e. The Balaban J connectivity index is 2.33. The molecule has 1 aromatic rings. The number of anilines is 1. The molecule has 5 heteroatoms. The van der Waals surface area contributed by atoms with E-state index in [0.717, 1.165) is 11.4 Å². The van der Waals surface area contributed by atoms with Crippen LogP contribution >= 0.6 is 0 Å². The van der Waals surface area contributed by atoms with Crippen LogP contribution in [0, 0.1) is 6.92 Å². The van der Waals surface area contributed by atoms with Crippen molar-refractivity contribution in [2.45, 2.75) is 20.0 Å². The molecule has 1 heterocycles. The second-order valence-electron chi connectivity index (χ2n) is 3.50. The summed E-state index contributed by atoms with van der Waals surface area (Å²) in [5, 5.41) is 16.8. The summed E-state index contributed by atoms with van der Waals surface area (Å²) < 4.78 is 6.85. The molecular formula is C10H19N3O2. The Morgan fingerprint density at radius 2 is 2.40 bits per heavy atom. The van der Waals surface area contributed by atoms with Crippen LogP contribution in [-0.4, -0.2) is 40.7 Å². The summed E-state index contributed by atoms with van der Waals surface area (Å²) in [6.45, 7) is 5.31. The van der Waals surface area contributed by atoms with E-state index in [1.807, 2.05) is 27.1 Å². The van der Waals surface area contributed by atoms with Gasteiger partial charge in [-0.2, -0.15) is 5.10 Å². The fourth-order valence-corrected chi connectivity index (χ4v) is 1.31. The second kappa shape index (κ2) is 5.72. The van der Waals surface area contributed by atoms with Gasteiger partial charge >= 0.3 is 0 Å². The van der Waals surface area contributed by atoms with Gasteiger partial charge in [-0.3, -0.25) is 4.68 Å². The van der Waals surface area contributed by atoms with Crippen molar-refractivity contribution in [3.05, 3.63) is 11.9 Å². The number of rotatable bonds is 6. The van der Waals surface area contributed by atoms with Crippen molar-refractivity contribution >= 4 is 5.69 Å². The minimum absolute atomic E-state index is 0.364. The Labute approximate surface area is 90.1 Å². The quantitative estimate of drug-likeness (QED) is 0.724. The van der Waals surface area contributed by atoms with Gasteiger partial charge in [0.15, 0.2) is 0 Å². The maximum atomic E-state index is 9.52. The third-order valence-corrected chi connectivity index (χ3v) is 2.06. The molecule has 0 radical (unpaired) electrons. The third kappa shape index (κ3) is 3.89. The Morgan fingerprint density at radius 1 is 1.67 bits per heavy atom. The molecule has 0 saturated carbocycles. The van der Waals surface area contributed by atoms with E-state index in [0.29, 0.717) is 19.8 Å². The smallest absolute Gasteiger partial charge is 0.0945 e. The molecule has 0 bridgehead atoms. The number of aliphatic hydroxyl groups is 1. The molecule has 5 nitrogen and oxygen atoms in total. The van der Waals surface area contributed by atoms with E-state index in [2.05, 4.69) is 10.4 Å². The maximum absolute atomic E-state index is 9.52. The van der Waals surface area contributed by atoms with Gasteiger partial charge in [-0.25, -0.2) is 0 Å². The first-order chi connectivity index (χ1) is 7.13. The highest BCUT2D eigenvalue weighted by Gasteiger charge is 2.06. The molecule has 86 valence electrons. The summed E-state index contributed by atoms with van der Waals surface area (Å²) in [6, 6.07) is 0. The zero-order chi connectivity index (χ0) is 11.3. The number of hydrogen-bond donors (Lipinski definition) is 2. The first kappa shape index (κ1) is 12.0. The topological polar surface area (TPSA) is 59.3 Å². The predicted molar refractivity (Wildman–Crippen MR) is 58.9 cm³/mol. The number of aliphatic hydroxyl groups excluding tert-OH is 1. The average molecular weight is 213 g/mol. The van der Waals surface area contributed by atoms with E-state index in [1.165, 1.54) is 0 Å². The van der Waals surface area contributed by atoms with E-state index in [-0.39, 0.29) is 0 Å². The Hall–Kier alpha value is -1.07. The van der Waals surface area contributed by atoms with Gasteiger partial charge in [0.2, 0.25) is 0 Å². The number of ether oxygens (including phenoxy) is 1. The number of nitrogens with one attached hydrogen (secondary N) is 1. The molecule has 0 aliphatic carbocycles. The summed E-state index contributed by atoms with van der Waals surface area (Å²) in [7, 11) is 1.87. The maximum Gasteiger partial charge on any atom is 0.0945 e. The Morgan fingerprint density at radius 3 is 2.93 bits per heavy atom. The highest BCUT2D eigenvalue weighted by molar-refractivity contribution is 5.45. The summed E-state index contributed by atoms with van der Waals surface area (Å²) >= 11 is 0. The molecular weight excluding hydrogens is 194 g/mol. The molecule has 1 atom stereocenters. The summed E-state index contributed by atoms with van der Waals surface area (Å²) in [5.41, 5.74) is 1.88. The van der Waals surface area contributed by atoms with Crippen LogP contribution in [0.15, 0.2) is 6.20 Å². The fourth-order valence-electron chi connectivity index (χ4n) is 1.31. The predicted octanol–water partition coefficient (Wildman–Crippen LogP) is 0.538. The normalized spacial score (nSPS) is 12.8. The van der Waals surface area contributed by atoms with Gasteiger partial charge in [-0.05, 0) is 13.8 Å². The van der Waals surface area contributed by atoms with Gasteiger partial charge in [-0.1, -0.05) is 0 Å². The van der Waals surface area contributed by atoms with Crippen LogP contribution in [0.5, 0.6) is 0 Å². The van der Waals surface area contributed by atoms with Gasteiger partial charge in [0.25, 0.3) is 0 Å². The molecule has 1 rings (SSSR count). The van der Waals surface area contributed by atoms with Crippen molar-refractivity contribution in [1.29, 1.82) is 0 Å². The Bertz CT molecular complexity index is 299. The summed E-state index contributed by atoms with van der Waals surface area (Å²) in [4.78, 5) is 0. The first-order valence-electron chi connectivity index (χ1n) is 5.13. The van der Waals surface area contributed by atoms with E-state index in [4.69, 9.17) is 4.74 Å². The lowest BCUT2D eigenvalue weighted by molar-refractivity contribution is 0.0496. The highest BCUT2D eigenvalue weighted by atomic mass is 16.5. The van der Waals surface area contributed by atoms with Crippen molar-refractivity contribution in [3.63, 3.8) is 0 Å². The molecule has 1 aromatic heterocycles. The van der Waals surface area contributed by atoms with Crippen molar-refractivity contribution in [2.75, 3.05) is 25.1 Å². The van der Waals surface area contributed by atoms with Crippen molar-refractivity contribution in [2.24, 2.45) is 7.05 Å². The molecule has 15 heavy (non-hydrogen) atoms. The molecule has 0 aromatic carbocycles. The average Bonchev–Trinajstić information content (AvgIpc) is 2.51. The first-order valence-corrected chi connectivity index (χ1v) is 5.13. The van der Waals surface area contributed by atoms with Crippen LogP contribution in [-0.2, 0) is 11.8 Å². The lowest BCUT2D eigenvalue weighted by Gasteiger charge is -2.11. The largest absolute Gasteiger partial charge is 0.389 e. The molecule has 0 spiro atoms. The molecule has 0 saturated heterocycles. The van der Waals surface area contributed by atoms with E-state index in [9.17, 15) is 5.11 Å². The van der Waals surface area contributed by atoms with Gasteiger partial charge in [-0.15, -0.1) is 0 Å². The summed E-state index contributed by atoms with van der Waals surface area (Å²) in [6.07, 6.45) is 1.41. The van der Waals surface area contributed by atoms with E-state index in [1.54, 1.807) is 4.68 Å². The van der Waals surface area contributed by atoms with Gasteiger partial charge in [0.05, 0.1) is 24.1 Å². The Kier molecular flexibility index (Phi) is 4.58. The monoisotopic (exact) mass is 213 g/mol. The summed E-state index contributed by atoms with van der Waals surface area (Å²) in [5.74, 6) is 0. The standard InChI is InChI=1S/C10H19N3O2/c1-4-15-7-9(14)5-11-10-6-13(3)12-8(10)2/h6,9,11,14H,4-5,7H2,1-3H3. The number of hydrogen-bond acceptors (Lipinski definition) is 4. The zero-order valence-electron chi connectivity index (χ0n) is 9.53. The molecule has 0 aliphatic heterocycles. The lowest BCUT2D eigenvalue weighted by atomic mass is 10.3. The second-order valence-corrected chi connectivity index (χ2v) is 3.50. The molecule has 2 N–H and O–H groups in total. The lowest BCUT2D eigenvalue weighted by Crippen LogP contribution is -2.24. The van der Waals surface area contributed by atoms with Crippen molar-refractivity contribution in [3.8, 4) is 0 Å². The fraction of sp³-hybridized carbons (Fsp3) is 0.700. The van der Waals surface area contributed by atoms with Crippen LogP contribution in [0.3, 0.4) is 0 Å². The van der Waals surface area contributed by atoms with Gasteiger partial charge < -0.3 is 15.2 Å². The number of aryl methyl sites for hydroxylation is 2. The van der Waals surface area contributed by atoms with Crippen LogP contribution in [0.25, 0.3) is 0 Å². The zero-order valence-corrected chi connectivity index (χ0v) is 9.53. The molecule has 1 unspecified atom stereocenters. The van der Waals surface area contributed by atoms with Crippen molar-refractivity contribution in [1.82, 2.24) is 9.78 Å². The van der Waals surface area contributed by atoms with Crippen LogP contribution in [0.4, 0.5) is 5.69 Å². The highest BCUT2D eigenvalue weighted by Crippen LogP contribution is 2.10. The van der Waals surface area contributed by atoms with Crippen molar-refractivity contribution < 1.29 is 9.84 Å². The third-order valence-electron chi connectivity index (χ3n) is 2.06. The van der Waals surface area contributed by atoms with E-state index >= 15 is 0 Å². The van der Waals surface area contributed by atoms with Gasteiger partial charge in [0, 0.05) is 26.4 Å². The number of aromatic nitrogens is 2.